The van der Waals surface area contributed by atoms with Crippen molar-refractivity contribution in [2.24, 2.45) is 0 Å². The Balaban J connectivity index is 2.20. The molecule has 0 aliphatic heterocycles. The van der Waals surface area contributed by atoms with Crippen LogP contribution in [0.5, 0.6) is 0 Å². The fourth-order valence-corrected chi connectivity index (χ4v) is 1.78. The van der Waals surface area contributed by atoms with Gasteiger partial charge < -0.3 is 10.6 Å². The van der Waals surface area contributed by atoms with E-state index in [1.165, 1.54) is 6.20 Å². The zero-order valence-corrected chi connectivity index (χ0v) is 11.7. The predicted octanol–water partition coefficient (Wildman–Crippen LogP) is 2.08. The Morgan fingerprint density at radius 2 is 1.91 bits per heavy atom. The molecule has 0 saturated carbocycles. The van der Waals surface area contributed by atoms with Gasteiger partial charge in [-0.3, -0.25) is 14.7 Å². The molecule has 0 unspecified atom stereocenters. The summed E-state index contributed by atoms with van der Waals surface area (Å²) >= 11 is 0. The highest BCUT2D eigenvalue weighted by Gasteiger charge is 2.20. The minimum Gasteiger partial charge on any atom is -0.351 e. The van der Waals surface area contributed by atoms with Gasteiger partial charge in [0.1, 0.15) is 22.9 Å². The molecule has 2 rings (SSSR count). The quantitative estimate of drug-likeness (QED) is 0.790. The van der Waals surface area contributed by atoms with Gasteiger partial charge in [-0.25, -0.2) is 8.78 Å². The molecule has 1 aromatic heterocycles. The minimum absolute atomic E-state index is 0.0125. The zero-order valence-electron chi connectivity index (χ0n) is 11.7. The lowest BCUT2D eigenvalue weighted by Gasteiger charge is -2.07. The van der Waals surface area contributed by atoms with Crippen molar-refractivity contribution >= 4 is 17.5 Å². The van der Waals surface area contributed by atoms with E-state index in [1.54, 1.807) is 0 Å². The van der Waals surface area contributed by atoms with Crippen molar-refractivity contribution in [2.75, 3.05) is 11.9 Å². The van der Waals surface area contributed by atoms with Crippen LogP contribution in [-0.2, 0) is 0 Å². The number of carbonyl (C=O) groups is 2. The molecule has 8 heteroatoms. The Hall–Kier alpha value is -2.77. The average molecular weight is 308 g/mol. The first-order chi connectivity index (χ1) is 10.5. The van der Waals surface area contributed by atoms with Crippen LogP contribution in [0.4, 0.5) is 14.5 Å². The number of amides is 2. The lowest BCUT2D eigenvalue weighted by atomic mass is 10.2. The van der Waals surface area contributed by atoms with Gasteiger partial charge in [0, 0.05) is 6.54 Å². The van der Waals surface area contributed by atoms with E-state index in [0.29, 0.717) is 6.54 Å². The second kappa shape index (κ2) is 6.79. The van der Waals surface area contributed by atoms with Gasteiger partial charge in [0.05, 0.1) is 11.9 Å². The van der Waals surface area contributed by atoms with Crippen LogP contribution < -0.4 is 10.6 Å². The Morgan fingerprint density at radius 1 is 1.23 bits per heavy atom. The number of H-pyrrole nitrogens is 1. The number of halogens is 2. The van der Waals surface area contributed by atoms with E-state index in [2.05, 4.69) is 20.8 Å². The van der Waals surface area contributed by atoms with Crippen LogP contribution in [0.1, 0.15) is 34.2 Å². The van der Waals surface area contributed by atoms with Gasteiger partial charge in [-0.2, -0.15) is 5.10 Å². The van der Waals surface area contributed by atoms with Crippen molar-refractivity contribution in [1.29, 1.82) is 0 Å². The maximum absolute atomic E-state index is 13.6. The van der Waals surface area contributed by atoms with Gasteiger partial charge in [0.15, 0.2) is 0 Å². The predicted molar refractivity (Wildman–Crippen MR) is 75.5 cm³/mol. The lowest BCUT2D eigenvalue weighted by molar-refractivity contribution is 0.0949. The third kappa shape index (κ3) is 3.27. The topological polar surface area (TPSA) is 86.9 Å². The summed E-state index contributed by atoms with van der Waals surface area (Å²) in [7, 11) is 0. The number of hydrogen-bond donors (Lipinski definition) is 3. The van der Waals surface area contributed by atoms with Crippen LogP contribution in [0, 0.1) is 11.6 Å². The number of rotatable bonds is 5. The van der Waals surface area contributed by atoms with E-state index >= 15 is 0 Å². The third-order valence-corrected chi connectivity index (χ3v) is 2.84. The molecular formula is C14H14F2N4O2. The first-order valence-electron chi connectivity index (χ1n) is 6.61. The monoisotopic (exact) mass is 308 g/mol. The van der Waals surface area contributed by atoms with E-state index in [0.717, 1.165) is 24.6 Å². The van der Waals surface area contributed by atoms with Gasteiger partial charge in [0.25, 0.3) is 11.8 Å². The van der Waals surface area contributed by atoms with Crippen LogP contribution in [-0.4, -0.2) is 28.6 Å². The molecule has 2 amide bonds. The van der Waals surface area contributed by atoms with Crippen molar-refractivity contribution in [2.45, 2.75) is 13.3 Å². The minimum atomic E-state index is -0.999. The summed E-state index contributed by atoms with van der Waals surface area (Å²) in [6.07, 6.45) is 1.93. The standard InChI is InChI=1S/C14H14F2N4O2/c1-2-6-17-14(22)12-10(7-18-20-12)19-13(21)11-8(15)4-3-5-9(11)16/h3-5,7H,2,6H2,1H3,(H,17,22)(H,18,20)(H,19,21). The molecule has 0 bridgehead atoms. The fourth-order valence-electron chi connectivity index (χ4n) is 1.78. The molecule has 0 saturated heterocycles. The van der Waals surface area contributed by atoms with Gasteiger partial charge in [-0.15, -0.1) is 0 Å². The molecule has 0 aliphatic rings. The van der Waals surface area contributed by atoms with E-state index in [4.69, 9.17) is 0 Å². The second-order valence-corrected chi connectivity index (χ2v) is 4.47. The lowest BCUT2D eigenvalue weighted by Crippen LogP contribution is -2.26. The normalized spacial score (nSPS) is 10.3. The first-order valence-corrected chi connectivity index (χ1v) is 6.61. The molecule has 6 nitrogen and oxygen atoms in total. The van der Waals surface area contributed by atoms with Crippen LogP contribution in [0.15, 0.2) is 24.4 Å². The molecule has 0 aliphatic carbocycles. The number of aromatic amines is 1. The van der Waals surface area contributed by atoms with Crippen molar-refractivity contribution < 1.29 is 18.4 Å². The number of hydrogen-bond acceptors (Lipinski definition) is 3. The Kier molecular flexibility index (Phi) is 4.82. The van der Waals surface area contributed by atoms with E-state index < -0.39 is 29.0 Å². The maximum atomic E-state index is 13.6. The summed E-state index contributed by atoms with van der Waals surface area (Å²) in [5.41, 5.74) is -0.664. The fraction of sp³-hybridized carbons (Fsp3) is 0.214. The van der Waals surface area contributed by atoms with Crippen molar-refractivity contribution in [3.63, 3.8) is 0 Å². The summed E-state index contributed by atoms with van der Waals surface area (Å²) in [5, 5.41) is 11.0. The van der Waals surface area contributed by atoms with E-state index in [-0.39, 0.29) is 11.4 Å². The zero-order chi connectivity index (χ0) is 16.1. The second-order valence-electron chi connectivity index (χ2n) is 4.47. The van der Waals surface area contributed by atoms with Crippen LogP contribution >= 0.6 is 0 Å². The molecule has 0 spiro atoms. The molecule has 2 aromatic rings. The maximum Gasteiger partial charge on any atom is 0.271 e. The van der Waals surface area contributed by atoms with Crippen LogP contribution in [0.25, 0.3) is 0 Å². The number of nitrogens with zero attached hydrogens (tertiary/aromatic N) is 1. The molecule has 0 radical (unpaired) electrons. The Labute approximate surface area is 124 Å². The Morgan fingerprint density at radius 3 is 2.55 bits per heavy atom. The molecule has 22 heavy (non-hydrogen) atoms. The third-order valence-electron chi connectivity index (χ3n) is 2.84. The van der Waals surface area contributed by atoms with Gasteiger partial charge in [-0.05, 0) is 18.6 Å². The number of benzene rings is 1. The smallest absolute Gasteiger partial charge is 0.271 e. The summed E-state index contributed by atoms with van der Waals surface area (Å²) in [5.74, 6) is -3.44. The highest BCUT2D eigenvalue weighted by Crippen LogP contribution is 2.17. The highest BCUT2D eigenvalue weighted by atomic mass is 19.1. The largest absolute Gasteiger partial charge is 0.351 e. The highest BCUT2D eigenvalue weighted by molar-refractivity contribution is 6.08. The summed E-state index contributed by atoms with van der Waals surface area (Å²) in [4.78, 5) is 23.8. The van der Waals surface area contributed by atoms with E-state index in [1.807, 2.05) is 6.92 Å². The van der Waals surface area contributed by atoms with E-state index in [9.17, 15) is 18.4 Å². The van der Waals surface area contributed by atoms with Crippen LogP contribution in [0.2, 0.25) is 0 Å². The van der Waals surface area contributed by atoms with Gasteiger partial charge in [-0.1, -0.05) is 13.0 Å². The first kappa shape index (κ1) is 15.6. The van der Waals surface area contributed by atoms with Crippen molar-refractivity contribution in [3.05, 3.63) is 47.3 Å². The van der Waals surface area contributed by atoms with Crippen molar-refractivity contribution in [1.82, 2.24) is 15.5 Å². The molecule has 0 fully saturated rings. The van der Waals surface area contributed by atoms with Crippen molar-refractivity contribution in [3.8, 4) is 0 Å². The molecule has 3 N–H and O–H groups in total. The SMILES string of the molecule is CCCNC(=O)c1[nH]ncc1NC(=O)c1c(F)cccc1F. The molecule has 116 valence electrons. The van der Waals surface area contributed by atoms with Gasteiger partial charge >= 0.3 is 0 Å². The molecule has 1 heterocycles. The number of aromatic nitrogens is 2. The molecule has 1 aromatic carbocycles. The molecule has 0 atom stereocenters. The number of anilines is 1. The average Bonchev–Trinajstić information content (AvgIpc) is 2.92. The number of carbonyl (C=O) groups excluding carboxylic acids is 2. The number of nitrogens with one attached hydrogen (secondary N) is 3. The summed E-state index contributed by atoms with van der Waals surface area (Å²) in [6, 6.07) is 3.10. The van der Waals surface area contributed by atoms with Gasteiger partial charge in [0.2, 0.25) is 0 Å². The summed E-state index contributed by atoms with van der Waals surface area (Å²) < 4.78 is 27.1. The van der Waals surface area contributed by atoms with Crippen LogP contribution in [0.3, 0.4) is 0 Å². The molecular weight excluding hydrogens is 294 g/mol. The summed E-state index contributed by atoms with van der Waals surface area (Å²) in [6.45, 7) is 2.34. The Bertz CT molecular complexity index is 680.